The summed E-state index contributed by atoms with van der Waals surface area (Å²) in [6.45, 7) is 0.685. The van der Waals surface area contributed by atoms with Gasteiger partial charge in [-0.3, -0.25) is 9.79 Å². The van der Waals surface area contributed by atoms with Gasteiger partial charge in [-0.2, -0.15) is 0 Å². The van der Waals surface area contributed by atoms with Gasteiger partial charge in [0.05, 0.1) is 0 Å². The first-order chi connectivity index (χ1) is 4.30. The molecule has 0 amide bonds. The average Bonchev–Trinajstić information content (AvgIpc) is 1.90. The van der Waals surface area contributed by atoms with Gasteiger partial charge >= 0.3 is 0 Å². The molecule has 9 heavy (non-hydrogen) atoms. The number of halogens is 1. The number of carbonyl (C=O) groups is 1. The summed E-state index contributed by atoms with van der Waals surface area (Å²) in [5.41, 5.74) is 0.659. The third kappa shape index (κ3) is 1.64. The van der Waals surface area contributed by atoms with Gasteiger partial charge in [0.1, 0.15) is 0 Å². The second-order valence-corrected chi connectivity index (χ2v) is 2.11. The lowest BCUT2D eigenvalue weighted by molar-refractivity contribution is -0.108. The van der Waals surface area contributed by atoms with Crippen LogP contribution in [0.3, 0.4) is 0 Å². The molecule has 0 N–H and O–H groups in total. The normalized spacial score (nSPS) is 17.2. The molecule has 48 valence electrons. The molecule has 0 fully saturated rings. The quantitative estimate of drug-likeness (QED) is 0.507. The van der Waals surface area contributed by atoms with Gasteiger partial charge in [-0.15, -0.1) is 0 Å². The highest BCUT2D eigenvalue weighted by atomic mass is 35.5. The zero-order valence-corrected chi connectivity index (χ0v) is 5.56. The molecule has 3 heteroatoms. The van der Waals surface area contributed by atoms with Crippen LogP contribution in [0.25, 0.3) is 0 Å². The van der Waals surface area contributed by atoms with Crippen molar-refractivity contribution in [1.29, 1.82) is 0 Å². The highest BCUT2D eigenvalue weighted by Gasteiger charge is 2.05. The maximum absolute atomic E-state index is 10.4. The van der Waals surface area contributed by atoms with Crippen LogP contribution in [0.5, 0.6) is 0 Å². The predicted molar refractivity (Wildman–Crippen MR) is 36.9 cm³/mol. The van der Waals surface area contributed by atoms with Crippen molar-refractivity contribution in [2.75, 3.05) is 6.54 Å². The Bertz CT molecular complexity index is 183. The monoisotopic (exact) mass is 143 g/mol. The molecule has 1 heterocycles. The second-order valence-electron chi connectivity index (χ2n) is 1.77. The molecule has 0 radical (unpaired) electrons. The Morgan fingerprint density at radius 1 is 1.78 bits per heavy atom. The van der Waals surface area contributed by atoms with Gasteiger partial charge in [-0.05, 0) is 24.1 Å². The van der Waals surface area contributed by atoms with E-state index in [4.69, 9.17) is 11.6 Å². The smallest absolute Gasteiger partial charge is 0.248 e. The van der Waals surface area contributed by atoms with Crippen molar-refractivity contribution in [2.24, 2.45) is 4.99 Å². The van der Waals surface area contributed by atoms with E-state index in [2.05, 4.69) is 4.99 Å². The van der Waals surface area contributed by atoms with Crippen molar-refractivity contribution in [2.45, 2.75) is 6.42 Å². The molecule has 0 saturated heterocycles. The lowest BCUT2D eigenvalue weighted by Gasteiger charge is -2.00. The van der Waals surface area contributed by atoms with Crippen molar-refractivity contribution >= 4 is 23.1 Å². The standard InChI is InChI=1S/C6H6ClNO/c7-6(9)5-1-3-8-4-2-5/h1,3H,2,4H2. The summed E-state index contributed by atoms with van der Waals surface area (Å²) >= 11 is 5.19. The molecule has 0 aromatic carbocycles. The number of aliphatic imine (C=N–C) groups is 1. The molecule has 0 bridgehead atoms. The molecule has 0 aromatic rings. The molecule has 1 aliphatic heterocycles. The summed E-state index contributed by atoms with van der Waals surface area (Å²) < 4.78 is 0. The number of hydrogen-bond donors (Lipinski definition) is 0. The van der Waals surface area contributed by atoms with Gasteiger partial charge in [0, 0.05) is 18.3 Å². The van der Waals surface area contributed by atoms with Crippen LogP contribution >= 0.6 is 11.6 Å². The van der Waals surface area contributed by atoms with Crippen LogP contribution in [0.1, 0.15) is 6.42 Å². The lowest BCUT2D eigenvalue weighted by Crippen LogP contribution is -2.00. The number of dihydropyridines is 1. The Kier molecular flexibility index (Phi) is 2.01. The van der Waals surface area contributed by atoms with E-state index >= 15 is 0 Å². The van der Waals surface area contributed by atoms with Crippen LogP contribution in [0.4, 0.5) is 0 Å². The van der Waals surface area contributed by atoms with Crippen molar-refractivity contribution in [1.82, 2.24) is 0 Å². The minimum atomic E-state index is -0.360. The van der Waals surface area contributed by atoms with Crippen molar-refractivity contribution in [3.05, 3.63) is 11.6 Å². The summed E-state index contributed by atoms with van der Waals surface area (Å²) in [6, 6.07) is 0. The van der Waals surface area contributed by atoms with Gasteiger partial charge < -0.3 is 0 Å². The third-order valence-corrected chi connectivity index (χ3v) is 1.39. The van der Waals surface area contributed by atoms with Crippen molar-refractivity contribution in [3.8, 4) is 0 Å². The van der Waals surface area contributed by atoms with Crippen molar-refractivity contribution in [3.63, 3.8) is 0 Å². The van der Waals surface area contributed by atoms with E-state index < -0.39 is 0 Å². The fourth-order valence-corrected chi connectivity index (χ4v) is 0.807. The first-order valence-corrected chi connectivity index (χ1v) is 3.07. The molecule has 0 atom stereocenters. The van der Waals surface area contributed by atoms with Gasteiger partial charge in [0.2, 0.25) is 5.24 Å². The number of carbonyl (C=O) groups excluding carboxylic acids is 1. The van der Waals surface area contributed by atoms with Gasteiger partial charge in [0.25, 0.3) is 0 Å². The third-order valence-electron chi connectivity index (χ3n) is 1.14. The predicted octanol–water partition coefficient (Wildman–Crippen LogP) is 1.15. The second kappa shape index (κ2) is 2.78. The molecular weight excluding hydrogens is 138 g/mol. The van der Waals surface area contributed by atoms with E-state index in [1.165, 1.54) is 0 Å². The van der Waals surface area contributed by atoms with E-state index in [0.717, 1.165) is 0 Å². The molecule has 0 spiro atoms. The molecule has 1 rings (SSSR count). The Hall–Kier alpha value is -0.630. The summed E-state index contributed by atoms with van der Waals surface area (Å²) in [7, 11) is 0. The zero-order valence-electron chi connectivity index (χ0n) is 4.80. The fraction of sp³-hybridized carbons (Fsp3) is 0.333. The molecular formula is C6H6ClNO. The Labute approximate surface area is 58.2 Å². The van der Waals surface area contributed by atoms with Gasteiger partial charge in [0.15, 0.2) is 0 Å². The highest BCUT2D eigenvalue weighted by molar-refractivity contribution is 6.67. The molecule has 2 nitrogen and oxygen atoms in total. The van der Waals surface area contributed by atoms with Crippen molar-refractivity contribution < 1.29 is 4.79 Å². The number of hydrogen-bond acceptors (Lipinski definition) is 2. The zero-order chi connectivity index (χ0) is 6.69. The van der Waals surface area contributed by atoms with Crippen LogP contribution in [0.15, 0.2) is 16.6 Å². The SMILES string of the molecule is O=C(Cl)C1=CC=NCC1. The van der Waals surface area contributed by atoms with E-state index in [1.807, 2.05) is 0 Å². The van der Waals surface area contributed by atoms with E-state index in [-0.39, 0.29) is 5.24 Å². The first-order valence-electron chi connectivity index (χ1n) is 2.69. The number of nitrogens with zero attached hydrogens (tertiary/aromatic N) is 1. The number of rotatable bonds is 1. The van der Waals surface area contributed by atoms with Gasteiger partial charge in [-0.1, -0.05) is 0 Å². The average molecular weight is 144 g/mol. The van der Waals surface area contributed by atoms with E-state index in [9.17, 15) is 4.79 Å². The summed E-state index contributed by atoms with van der Waals surface area (Å²) in [5, 5.41) is -0.360. The molecule has 0 aliphatic carbocycles. The Morgan fingerprint density at radius 3 is 2.89 bits per heavy atom. The topological polar surface area (TPSA) is 29.4 Å². The molecule has 1 aliphatic rings. The largest absolute Gasteiger partial charge is 0.293 e. The van der Waals surface area contributed by atoms with Crippen LogP contribution in [0.2, 0.25) is 0 Å². The van der Waals surface area contributed by atoms with E-state index in [1.54, 1.807) is 12.3 Å². The van der Waals surface area contributed by atoms with E-state index in [0.29, 0.717) is 18.5 Å². The Morgan fingerprint density at radius 2 is 2.56 bits per heavy atom. The minimum Gasteiger partial charge on any atom is -0.293 e. The molecule has 0 saturated carbocycles. The maximum atomic E-state index is 10.4. The van der Waals surface area contributed by atoms with Gasteiger partial charge in [-0.25, -0.2) is 0 Å². The highest BCUT2D eigenvalue weighted by Crippen LogP contribution is 2.07. The maximum Gasteiger partial charge on any atom is 0.248 e. The first kappa shape index (κ1) is 6.49. The summed E-state index contributed by atoms with van der Waals surface area (Å²) in [5.74, 6) is 0. The van der Waals surface area contributed by atoms with Crippen LogP contribution in [-0.4, -0.2) is 18.0 Å². The number of allylic oxidation sites excluding steroid dienone is 1. The lowest BCUT2D eigenvalue weighted by atomic mass is 10.2. The Balaban J connectivity index is 2.68. The van der Waals surface area contributed by atoms with Crippen LogP contribution in [-0.2, 0) is 4.79 Å². The fourth-order valence-electron chi connectivity index (χ4n) is 0.649. The molecule has 0 unspecified atom stereocenters. The molecule has 0 aromatic heterocycles. The van der Waals surface area contributed by atoms with Crippen LogP contribution in [0, 0.1) is 0 Å². The minimum absolute atomic E-state index is 0.360. The summed E-state index contributed by atoms with van der Waals surface area (Å²) in [6.07, 6.45) is 3.94. The summed E-state index contributed by atoms with van der Waals surface area (Å²) in [4.78, 5) is 14.3. The van der Waals surface area contributed by atoms with Crippen LogP contribution < -0.4 is 0 Å².